The summed E-state index contributed by atoms with van der Waals surface area (Å²) in [4.78, 5) is 6.13. The number of halogens is 1. The van der Waals surface area contributed by atoms with E-state index in [4.69, 9.17) is 4.99 Å². The van der Waals surface area contributed by atoms with Crippen molar-refractivity contribution in [1.82, 2.24) is 25.4 Å². The second-order valence-electron chi connectivity index (χ2n) is 6.75. The number of aryl methyl sites for hydroxylation is 1. The van der Waals surface area contributed by atoms with Crippen LogP contribution in [0.3, 0.4) is 0 Å². The average molecular weight is 504 g/mol. The molecule has 27 heavy (non-hydrogen) atoms. The molecule has 0 saturated carbocycles. The molecule has 2 aromatic heterocycles. The van der Waals surface area contributed by atoms with E-state index in [9.17, 15) is 0 Å². The molecule has 0 aliphatic rings. The second kappa shape index (κ2) is 13.1. The Morgan fingerprint density at radius 2 is 2.15 bits per heavy atom. The molecule has 0 aromatic carbocycles. The van der Waals surface area contributed by atoms with Crippen molar-refractivity contribution in [2.24, 2.45) is 10.9 Å². The quantitative estimate of drug-likeness (QED) is 0.289. The number of aromatic nitrogens is 3. The first-order valence-electron chi connectivity index (χ1n) is 9.58. The van der Waals surface area contributed by atoms with Crippen molar-refractivity contribution in [3.05, 3.63) is 34.5 Å². The molecule has 152 valence electrons. The molecule has 2 N–H and O–H groups in total. The van der Waals surface area contributed by atoms with Crippen LogP contribution >= 0.6 is 35.3 Å². The van der Waals surface area contributed by atoms with Gasteiger partial charge in [-0.15, -0.1) is 45.5 Å². The SMILES string of the molecule is CCc1nncn1CCNC(=NCCC(C)C)NC(CC)c1cccs1.I. The summed E-state index contributed by atoms with van der Waals surface area (Å²) in [6.45, 7) is 11.2. The molecule has 0 aliphatic heterocycles. The third kappa shape index (κ3) is 8.16. The number of hydrogen-bond donors (Lipinski definition) is 2. The molecule has 2 heterocycles. The van der Waals surface area contributed by atoms with Gasteiger partial charge in [-0.1, -0.05) is 33.8 Å². The molecule has 8 heteroatoms. The fourth-order valence-electron chi connectivity index (χ4n) is 2.65. The Hall–Kier alpha value is -1.16. The van der Waals surface area contributed by atoms with Crippen molar-refractivity contribution in [3.63, 3.8) is 0 Å². The van der Waals surface area contributed by atoms with Gasteiger partial charge in [0.25, 0.3) is 0 Å². The zero-order chi connectivity index (χ0) is 18.8. The average Bonchev–Trinajstić information content (AvgIpc) is 3.30. The van der Waals surface area contributed by atoms with Gasteiger partial charge >= 0.3 is 0 Å². The molecule has 1 atom stereocenters. The van der Waals surface area contributed by atoms with Crippen molar-refractivity contribution >= 4 is 41.3 Å². The lowest BCUT2D eigenvalue weighted by Crippen LogP contribution is -2.41. The summed E-state index contributed by atoms with van der Waals surface area (Å²) in [7, 11) is 0. The van der Waals surface area contributed by atoms with Gasteiger partial charge < -0.3 is 15.2 Å². The van der Waals surface area contributed by atoms with Gasteiger partial charge in [-0.2, -0.15) is 0 Å². The molecule has 6 nitrogen and oxygen atoms in total. The molecule has 0 spiro atoms. The van der Waals surface area contributed by atoms with E-state index in [-0.39, 0.29) is 24.0 Å². The van der Waals surface area contributed by atoms with E-state index in [2.05, 4.69) is 70.6 Å². The van der Waals surface area contributed by atoms with Crippen molar-refractivity contribution in [2.45, 2.75) is 59.5 Å². The van der Waals surface area contributed by atoms with Crippen LogP contribution in [-0.4, -0.2) is 33.8 Å². The van der Waals surface area contributed by atoms with Gasteiger partial charge in [-0.3, -0.25) is 4.99 Å². The molecule has 0 aliphatic carbocycles. The Labute approximate surface area is 184 Å². The molecular weight excluding hydrogens is 471 g/mol. The largest absolute Gasteiger partial charge is 0.355 e. The van der Waals surface area contributed by atoms with Crippen molar-refractivity contribution in [3.8, 4) is 0 Å². The summed E-state index contributed by atoms with van der Waals surface area (Å²) < 4.78 is 2.09. The third-order valence-corrected chi connectivity index (χ3v) is 5.23. The van der Waals surface area contributed by atoms with Gasteiger partial charge in [0.05, 0.1) is 6.04 Å². The molecular formula is C19H33IN6S. The number of rotatable bonds is 10. The highest BCUT2D eigenvalue weighted by Gasteiger charge is 2.12. The number of thiophene rings is 1. The van der Waals surface area contributed by atoms with Crippen LogP contribution in [0.1, 0.15) is 57.3 Å². The minimum absolute atomic E-state index is 0. The van der Waals surface area contributed by atoms with E-state index in [0.29, 0.717) is 12.0 Å². The smallest absolute Gasteiger partial charge is 0.191 e. The van der Waals surface area contributed by atoms with Gasteiger partial charge in [-0.05, 0) is 30.2 Å². The number of aliphatic imine (C=N–C) groups is 1. The van der Waals surface area contributed by atoms with Crippen LogP contribution in [0.25, 0.3) is 0 Å². The molecule has 1 unspecified atom stereocenters. The molecule has 2 rings (SSSR count). The maximum Gasteiger partial charge on any atom is 0.191 e. The fourth-order valence-corrected chi connectivity index (χ4v) is 3.51. The van der Waals surface area contributed by atoms with Crippen LogP contribution in [0.15, 0.2) is 28.8 Å². The Balaban J connectivity index is 0.00000364. The number of hydrogen-bond acceptors (Lipinski definition) is 4. The van der Waals surface area contributed by atoms with Crippen LogP contribution in [0.5, 0.6) is 0 Å². The van der Waals surface area contributed by atoms with E-state index in [0.717, 1.165) is 50.7 Å². The van der Waals surface area contributed by atoms with E-state index >= 15 is 0 Å². The fraction of sp³-hybridized carbons (Fsp3) is 0.632. The second-order valence-corrected chi connectivity index (χ2v) is 7.73. The van der Waals surface area contributed by atoms with Crippen LogP contribution in [0.4, 0.5) is 0 Å². The molecule has 0 fully saturated rings. The lowest BCUT2D eigenvalue weighted by atomic mass is 10.1. The minimum Gasteiger partial charge on any atom is -0.355 e. The Bertz CT molecular complexity index is 653. The highest BCUT2D eigenvalue weighted by atomic mass is 127. The molecule has 0 amide bonds. The topological polar surface area (TPSA) is 67.1 Å². The monoisotopic (exact) mass is 504 g/mol. The normalized spacial score (nSPS) is 12.7. The first-order valence-corrected chi connectivity index (χ1v) is 10.5. The Morgan fingerprint density at radius 1 is 1.33 bits per heavy atom. The first-order chi connectivity index (χ1) is 12.6. The number of guanidine groups is 1. The van der Waals surface area contributed by atoms with Gasteiger partial charge in [0, 0.05) is 30.9 Å². The van der Waals surface area contributed by atoms with Gasteiger partial charge in [0.1, 0.15) is 12.2 Å². The minimum atomic E-state index is 0. The highest BCUT2D eigenvalue weighted by molar-refractivity contribution is 14.0. The van der Waals surface area contributed by atoms with Gasteiger partial charge in [-0.25, -0.2) is 0 Å². The van der Waals surface area contributed by atoms with E-state index in [1.54, 1.807) is 17.7 Å². The van der Waals surface area contributed by atoms with Gasteiger partial charge in [0.2, 0.25) is 0 Å². The summed E-state index contributed by atoms with van der Waals surface area (Å²) in [5.41, 5.74) is 0. The van der Waals surface area contributed by atoms with Crippen molar-refractivity contribution < 1.29 is 0 Å². The lowest BCUT2D eigenvalue weighted by molar-refractivity contribution is 0.577. The zero-order valence-electron chi connectivity index (χ0n) is 16.8. The molecule has 0 saturated heterocycles. The predicted octanol–water partition coefficient (Wildman–Crippen LogP) is 4.25. The Morgan fingerprint density at radius 3 is 2.78 bits per heavy atom. The van der Waals surface area contributed by atoms with Crippen molar-refractivity contribution in [1.29, 1.82) is 0 Å². The summed E-state index contributed by atoms with van der Waals surface area (Å²) in [5, 5.41) is 17.3. The number of nitrogens with one attached hydrogen (secondary N) is 2. The number of nitrogens with zero attached hydrogens (tertiary/aromatic N) is 4. The molecule has 2 aromatic rings. The van der Waals surface area contributed by atoms with Crippen LogP contribution < -0.4 is 10.6 Å². The summed E-state index contributed by atoms with van der Waals surface area (Å²) in [6.07, 6.45) is 4.80. The van der Waals surface area contributed by atoms with E-state index in [1.807, 2.05) is 0 Å². The van der Waals surface area contributed by atoms with Crippen LogP contribution in [-0.2, 0) is 13.0 Å². The van der Waals surface area contributed by atoms with E-state index < -0.39 is 0 Å². The summed E-state index contributed by atoms with van der Waals surface area (Å²) in [6, 6.07) is 4.58. The summed E-state index contributed by atoms with van der Waals surface area (Å²) in [5.74, 6) is 2.56. The zero-order valence-corrected chi connectivity index (χ0v) is 20.0. The van der Waals surface area contributed by atoms with Crippen LogP contribution in [0.2, 0.25) is 0 Å². The maximum absolute atomic E-state index is 4.78. The van der Waals surface area contributed by atoms with Crippen molar-refractivity contribution in [2.75, 3.05) is 13.1 Å². The predicted molar refractivity (Wildman–Crippen MR) is 125 cm³/mol. The molecule has 0 radical (unpaired) electrons. The summed E-state index contributed by atoms with van der Waals surface area (Å²) >= 11 is 1.79. The Kier molecular flexibility index (Phi) is 11.6. The molecule has 0 bridgehead atoms. The standard InChI is InChI=1S/C19H32N6S.HI/c1-5-16(17-8-7-13-26-17)23-19(20-10-9-15(3)4)21-11-12-25-14-22-24-18(25)6-2;/h7-8,13-16H,5-6,9-12H2,1-4H3,(H2,20,21,23);1H. The van der Waals surface area contributed by atoms with Crippen LogP contribution in [0, 0.1) is 5.92 Å². The maximum atomic E-state index is 4.78. The van der Waals surface area contributed by atoms with E-state index in [1.165, 1.54) is 4.88 Å². The lowest BCUT2D eigenvalue weighted by Gasteiger charge is -2.20. The third-order valence-electron chi connectivity index (χ3n) is 4.24. The van der Waals surface area contributed by atoms with Gasteiger partial charge in [0.15, 0.2) is 5.96 Å². The first kappa shape index (κ1) is 23.9. The highest BCUT2D eigenvalue weighted by Crippen LogP contribution is 2.21.